The van der Waals surface area contributed by atoms with Gasteiger partial charge in [-0.1, -0.05) is 227 Å². The summed E-state index contributed by atoms with van der Waals surface area (Å²) in [7, 11) is 0. The van der Waals surface area contributed by atoms with Gasteiger partial charge in [0.1, 0.15) is 13.2 Å². The quantitative estimate of drug-likeness (QED) is 0.0349. The van der Waals surface area contributed by atoms with Crippen molar-refractivity contribution < 1.29 is 28.6 Å². The third-order valence-corrected chi connectivity index (χ3v) is 10.8. The van der Waals surface area contributed by atoms with Crippen LogP contribution in [-0.4, -0.2) is 37.2 Å². The molecular weight excluding hydrogens is 673 g/mol. The number of rotatable bonds is 43. The predicted molar refractivity (Wildman–Crippen MR) is 229 cm³/mol. The van der Waals surface area contributed by atoms with Gasteiger partial charge < -0.3 is 14.2 Å². The zero-order chi connectivity index (χ0) is 39.6. The van der Waals surface area contributed by atoms with E-state index in [2.05, 4.69) is 27.7 Å². The summed E-state index contributed by atoms with van der Waals surface area (Å²) in [5.74, 6) is -0.0923. The van der Waals surface area contributed by atoms with E-state index in [4.69, 9.17) is 14.2 Å². The second kappa shape index (κ2) is 42.6. The van der Waals surface area contributed by atoms with Gasteiger partial charge in [0, 0.05) is 19.3 Å². The van der Waals surface area contributed by atoms with E-state index < -0.39 is 6.10 Å². The Bertz CT molecular complexity index is 811. The molecule has 0 aromatic heterocycles. The number of esters is 3. The van der Waals surface area contributed by atoms with E-state index in [-0.39, 0.29) is 31.1 Å². The average Bonchev–Trinajstić information content (AvgIpc) is 3.15. The van der Waals surface area contributed by atoms with Crippen molar-refractivity contribution in [2.24, 2.45) is 5.92 Å². The van der Waals surface area contributed by atoms with Crippen LogP contribution in [0.15, 0.2) is 0 Å². The van der Waals surface area contributed by atoms with Crippen LogP contribution in [0.3, 0.4) is 0 Å². The van der Waals surface area contributed by atoms with Crippen LogP contribution in [-0.2, 0) is 28.6 Å². The first kappa shape index (κ1) is 52.4. The molecule has 0 bridgehead atoms. The van der Waals surface area contributed by atoms with Crippen molar-refractivity contribution in [2.75, 3.05) is 13.2 Å². The molecule has 0 heterocycles. The molecule has 0 fully saturated rings. The van der Waals surface area contributed by atoms with Crippen LogP contribution in [0, 0.1) is 5.92 Å². The van der Waals surface area contributed by atoms with Crippen LogP contribution in [0.1, 0.15) is 265 Å². The summed E-state index contributed by atoms with van der Waals surface area (Å²) in [6.07, 6.45) is 42.4. The van der Waals surface area contributed by atoms with Gasteiger partial charge in [-0.05, 0) is 25.2 Å². The van der Waals surface area contributed by atoms with Crippen molar-refractivity contribution in [3.8, 4) is 0 Å². The summed E-state index contributed by atoms with van der Waals surface area (Å²) in [6.45, 7) is 8.93. The number of ether oxygens (including phenoxy) is 3. The molecule has 0 saturated carbocycles. The second-order valence-corrected chi connectivity index (χ2v) is 16.9. The third-order valence-electron chi connectivity index (χ3n) is 10.8. The fourth-order valence-corrected chi connectivity index (χ4v) is 7.16. The Labute approximate surface area is 336 Å². The summed E-state index contributed by atoms with van der Waals surface area (Å²) in [4.78, 5) is 37.7. The predicted octanol–water partition coefficient (Wildman–Crippen LogP) is 15.1. The average molecular weight is 765 g/mol. The Kier molecular flexibility index (Phi) is 41.3. The smallest absolute Gasteiger partial charge is 0.306 e. The maximum atomic E-state index is 12.7. The number of hydrogen-bond acceptors (Lipinski definition) is 6. The molecule has 0 saturated heterocycles. The molecule has 6 heteroatoms. The van der Waals surface area contributed by atoms with Gasteiger partial charge in [0.2, 0.25) is 0 Å². The fraction of sp³-hybridized carbons (Fsp3) is 0.938. The largest absolute Gasteiger partial charge is 0.462 e. The van der Waals surface area contributed by atoms with Gasteiger partial charge in [-0.15, -0.1) is 0 Å². The SMILES string of the molecule is CCCCCCCCCCCCCCCCCCC(=O)O[C@@H](COC(=O)CCCCCCCCCCCCC)COC(=O)CCCCCCCCC(C)C. The molecule has 0 aromatic carbocycles. The highest BCUT2D eigenvalue weighted by atomic mass is 16.6. The summed E-state index contributed by atoms with van der Waals surface area (Å²) >= 11 is 0. The lowest BCUT2D eigenvalue weighted by Crippen LogP contribution is -2.30. The van der Waals surface area contributed by atoms with Crippen LogP contribution < -0.4 is 0 Å². The molecule has 0 rings (SSSR count). The van der Waals surface area contributed by atoms with Gasteiger partial charge in [-0.3, -0.25) is 14.4 Å². The lowest BCUT2D eigenvalue weighted by molar-refractivity contribution is -0.167. The highest BCUT2D eigenvalue weighted by Crippen LogP contribution is 2.16. The molecule has 0 aromatic rings. The summed E-state index contributed by atoms with van der Waals surface area (Å²) in [5, 5.41) is 0. The van der Waals surface area contributed by atoms with Gasteiger partial charge in [-0.2, -0.15) is 0 Å². The van der Waals surface area contributed by atoms with Crippen molar-refractivity contribution in [2.45, 2.75) is 271 Å². The number of carbonyl (C=O) groups excluding carboxylic acids is 3. The minimum Gasteiger partial charge on any atom is -0.462 e. The van der Waals surface area contributed by atoms with E-state index in [1.54, 1.807) is 0 Å². The zero-order valence-electron chi connectivity index (χ0n) is 36.7. The van der Waals surface area contributed by atoms with Crippen molar-refractivity contribution in [1.82, 2.24) is 0 Å². The molecule has 0 aliphatic carbocycles. The maximum absolute atomic E-state index is 12.7. The first-order valence-electron chi connectivity index (χ1n) is 23.9. The van der Waals surface area contributed by atoms with Crippen molar-refractivity contribution >= 4 is 17.9 Å². The van der Waals surface area contributed by atoms with Gasteiger partial charge in [-0.25, -0.2) is 0 Å². The molecular formula is C48H92O6. The normalized spacial score (nSPS) is 11.9. The van der Waals surface area contributed by atoms with Crippen LogP contribution in [0.4, 0.5) is 0 Å². The van der Waals surface area contributed by atoms with E-state index >= 15 is 0 Å². The van der Waals surface area contributed by atoms with Crippen LogP contribution >= 0.6 is 0 Å². The molecule has 0 unspecified atom stereocenters. The number of carbonyl (C=O) groups is 3. The van der Waals surface area contributed by atoms with E-state index in [9.17, 15) is 14.4 Å². The summed E-state index contributed by atoms with van der Waals surface area (Å²) in [5.41, 5.74) is 0. The van der Waals surface area contributed by atoms with Gasteiger partial charge in [0.25, 0.3) is 0 Å². The first-order valence-corrected chi connectivity index (χ1v) is 23.9. The lowest BCUT2D eigenvalue weighted by atomic mass is 10.0. The molecule has 0 aliphatic rings. The Morgan fingerprint density at radius 3 is 0.907 bits per heavy atom. The maximum Gasteiger partial charge on any atom is 0.306 e. The minimum absolute atomic E-state index is 0.0643. The van der Waals surface area contributed by atoms with E-state index in [0.717, 1.165) is 63.7 Å². The molecule has 0 aliphatic heterocycles. The molecule has 0 N–H and O–H groups in total. The van der Waals surface area contributed by atoms with Crippen molar-refractivity contribution in [3.63, 3.8) is 0 Å². The van der Waals surface area contributed by atoms with Gasteiger partial charge in [0.15, 0.2) is 6.10 Å². The topological polar surface area (TPSA) is 78.9 Å². The van der Waals surface area contributed by atoms with Crippen molar-refractivity contribution in [3.05, 3.63) is 0 Å². The Balaban J connectivity index is 4.28. The highest BCUT2D eigenvalue weighted by Gasteiger charge is 2.19. The Morgan fingerprint density at radius 2 is 0.611 bits per heavy atom. The van der Waals surface area contributed by atoms with Crippen LogP contribution in [0.2, 0.25) is 0 Å². The Hall–Kier alpha value is -1.59. The first-order chi connectivity index (χ1) is 26.4. The van der Waals surface area contributed by atoms with E-state index in [1.165, 1.54) is 161 Å². The summed E-state index contributed by atoms with van der Waals surface area (Å²) in [6, 6.07) is 0. The monoisotopic (exact) mass is 765 g/mol. The molecule has 320 valence electrons. The van der Waals surface area contributed by atoms with Gasteiger partial charge in [0.05, 0.1) is 0 Å². The van der Waals surface area contributed by atoms with E-state index in [1.807, 2.05) is 0 Å². The molecule has 0 radical (unpaired) electrons. The minimum atomic E-state index is -0.759. The third kappa shape index (κ3) is 41.6. The fourth-order valence-electron chi connectivity index (χ4n) is 7.16. The van der Waals surface area contributed by atoms with Gasteiger partial charge >= 0.3 is 17.9 Å². The number of unbranched alkanes of at least 4 members (excludes halogenated alkanes) is 30. The molecule has 6 nitrogen and oxygen atoms in total. The zero-order valence-corrected chi connectivity index (χ0v) is 36.7. The highest BCUT2D eigenvalue weighted by molar-refractivity contribution is 5.71. The second-order valence-electron chi connectivity index (χ2n) is 16.9. The van der Waals surface area contributed by atoms with E-state index in [0.29, 0.717) is 19.3 Å². The van der Waals surface area contributed by atoms with Crippen LogP contribution in [0.25, 0.3) is 0 Å². The molecule has 54 heavy (non-hydrogen) atoms. The summed E-state index contributed by atoms with van der Waals surface area (Å²) < 4.78 is 16.7. The molecule has 0 spiro atoms. The number of hydrogen-bond donors (Lipinski definition) is 0. The molecule has 1 atom stereocenters. The van der Waals surface area contributed by atoms with Crippen molar-refractivity contribution in [1.29, 1.82) is 0 Å². The van der Waals surface area contributed by atoms with Crippen LogP contribution in [0.5, 0.6) is 0 Å². The molecule has 0 amide bonds. The standard InChI is InChI=1S/C48H92O6/c1-5-7-9-11-13-15-17-18-19-20-21-23-25-27-33-37-41-48(51)54-45(43-53-47(50)40-36-32-29-28-30-34-38-44(3)4)42-52-46(49)39-35-31-26-24-22-16-14-12-10-8-6-2/h44-45H,5-43H2,1-4H3/t45-/m0/s1. The Morgan fingerprint density at radius 1 is 0.352 bits per heavy atom. The lowest BCUT2D eigenvalue weighted by Gasteiger charge is -2.18.